The summed E-state index contributed by atoms with van der Waals surface area (Å²) >= 11 is 0. The minimum absolute atomic E-state index is 0.780. The lowest BCUT2D eigenvalue weighted by atomic mass is 10.2. The molecular weight excluding hydrogens is 162 g/mol. The zero-order chi connectivity index (χ0) is 8.93. The molecule has 0 radical (unpaired) electrons. The summed E-state index contributed by atoms with van der Waals surface area (Å²) in [6.07, 6.45) is 8.41. The highest BCUT2D eigenvalue weighted by molar-refractivity contribution is 4.97. The molecule has 0 spiro atoms. The van der Waals surface area contributed by atoms with Crippen LogP contribution < -0.4 is 5.32 Å². The number of aromatic amines is 1. The predicted octanol–water partition coefficient (Wildman–Crippen LogP) is 1.48. The number of aromatic nitrogens is 2. The Hall–Kier alpha value is -0.830. The fourth-order valence-electron chi connectivity index (χ4n) is 1.96. The second kappa shape index (κ2) is 4.42. The Balaban J connectivity index is 1.63. The van der Waals surface area contributed by atoms with Gasteiger partial charge in [-0.2, -0.15) is 5.10 Å². The first-order valence-electron chi connectivity index (χ1n) is 5.17. The van der Waals surface area contributed by atoms with E-state index in [1.807, 2.05) is 12.3 Å². The van der Waals surface area contributed by atoms with Gasteiger partial charge in [0.2, 0.25) is 0 Å². The van der Waals surface area contributed by atoms with Gasteiger partial charge >= 0.3 is 0 Å². The lowest BCUT2D eigenvalue weighted by Crippen LogP contribution is -2.28. The van der Waals surface area contributed by atoms with E-state index in [0.717, 1.165) is 19.0 Å². The van der Waals surface area contributed by atoms with Crippen LogP contribution in [0.1, 0.15) is 31.4 Å². The van der Waals surface area contributed by atoms with E-state index in [4.69, 9.17) is 0 Å². The van der Waals surface area contributed by atoms with Gasteiger partial charge in [-0.25, -0.2) is 0 Å². The van der Waals surface area contributed by atoms with E-state index < -0.39 is 0 Å². The van der Waals surface area contributed by atoms with Gasteiger partial charge in [-0.15, -0.1) is 0 Å². The van der Waals surface area contributed by atoms with E-state index in [9.17, 15) is 0 Å². The first-order valence-corrected chi connectivity index (χ1v) is 5.17. The molecule has 72 valence electrons. The molecule has 1 heterocycles. The fourth-order valence-corrected chi connectivity index (χ4v) is 1.96. The lowest BCUT2D eigenvalue weighted by Gasteiger charge is -2.10. The van der Waals surface area contributed by atoms with Crippen LogP contribution in [0.3, 0.4) is 0 Å². The molecule has 1 fully saturated rings. The molecule has 1 aliphatic rings. The van der Waals surface area contributed by atoms with Crippen LogP contribution in [0.4, 0.5) is 0 Å². The topological polar surface area (TPSA) is 40.7 Å². The first-order chi connectivity index (χ1) is 6.45. The summed E-state index contributed by atoms with van der Waals surface area (Å²) in [6.45, 7) is 1.08. The Bertz CT molecular complexity index is 224. The third kappa shape index (κ3) is 2.56. The Morgan fingerprint density at radius 2 is 2.31 bits per heavy atom. The van der Waals surface area contributed by atoms with E-state index in [1.165, 1.54) is 31.4 Å². The van der Waals surface area contributed by atoms with Crippen molar-refractivity contribution in [1.29, 1.82) is 0 Å². The van der Waals surface area contributed by atoms with Gasteiger partial charge in [0.1, 0.15) is 0 Å². The second-order valence-corrected chi connectivity index (χ2v) is 3.77. The number of hydrogen-bond donors (Lipinski definition) is 2. The van der Waals surface area contributed by atoms with Crippen LogP contribution in [0.15, 0.2) is 12.3 Å². The van der Waals surface area contributed by atoms with Crippen molar-refractivity contribution in [3.05, 3.63) is 18.0 Å². The summed E-state index contributed by atoms with van der Waals surface area (Å²) in [5, 5.41) is 10.5. The van der Waals surface area contributed by atoms with Crippen molar-refractivity contribution >= 4 is 0 Å². The highest BCUT2D eigenvalue weighted by Gasteiger charge is 2.13. The van der Waals surface area contributed by atoms with Gasteiger partial charge in [-0.1, -0.05) is 12.8 Å². The number of rotatable bonds is 4. The summed E-state index contributed by atoms with van der Waals surface area (Å²) in [5.41, 5.74) is 1.23. The van der Waals surface area contributed by atoms with Gasteiger partial charge in [-0.05, 0) is 18.9 Å². The maximum absolute atomic E-state index is 3.92. The summed E-state index contributed by atoms with van der Waals surface area (Å²) in [4.78, 5) is 0. The molecular formula is C10H17N3. The van der Waals surface area contributed by atoms with Gasteiger partial charge in [0.05, 0.1) is 0 Å². The summed E-state index contributed by atoms with van der Waals surface area (Å²) in [7, 11) is 0. The molecule has 0 aliphatic heterocycles. The smallest absolute Gasteiger partial charge is 0.0490 e. The Labute approximate surface area is 78.9 Å². The van der Waals surface area contributed by atoms with Crippen molar-refractivity contribution in [3.8, 4) is 0 Å². The van der Waals surface area contributed by atoms with Crippen LogP contribution in [0.25, 0.3) is 0 Å². The molecule has 0 saturated heterocycles. The van der Waals surface area contributed by atoms with E-state index >= 15 is 0 Å². The summed E-state index contributed by atoms with van der Waals surface area (Å²) < 4.78 is 0. The Kier molecular flexibility index (Phi) is 2.98. The quantitative estimate of drug-likeness (QED) is 0.735. The third-order valence-corrected chi connectivity index (χ3v) is 2.74. The van der Waals surface area contributed by atoms with Crippen LogP contribution in [-0.2, 0) is 6.42 Å². The second-order valence-electron chi connectivity index (χ2n) is 3.77. The van der Waals surface area contributed by atoms with Crippen LogP contribution >= 0.6 is 0 Å². The van der Waals surface area contributed by atoms with E-state index in [-0.39, 0.29) is 0 Å². The number of H-pyrrole nitrogens is 1. The summed E-state index contributed by atoms with van der Waals surface area (Å²) in [5.74, 6) is 0. The first kappa shape index (κ1) is 8.75. The highest BCUT2D eigenvalue weighted by atomic mass is 15.1. The largest absolute Gasteiger partial charge is 0.314 e. The maximum Gasteiger partial charge on any atom is 0.0490 e. The van der Waals surface area contributed by atoms with Crippen molar-refractivity contribution in [2.45, 2.75) is 38.1 Å². The van der Waals surface area contributed by atoms with Crippen LogP contribution in [0, 0.1) is 0 Å². The van der Waals surface area contributed by atoms with Gasteiger partial charge in [-0.3, -0.25) is 5.10 Å². The van der Waals surface area contributed by atoms with Gasteiger partial charge in [0.15, 0.2) is 0 Å². The van der Waals surface area contributed by atoms with E-state index in [1.54, 1.807) is 0 Å². The van der Waals surface area contributed by atoms with Crippen LogP contribution in [0.2, 0.25) is 0 Å². The van der Waals surface area contributed by atoms with Crippen molar-refractivity contribution in [2.24, 2.45) is 0 Å². The van der Waals surface area contributed by atoms with E-state index in [0.29, 0.717) is 0 Å². The average molecular weight is 179 g/mol. The molecule has 1 aliphatic carbocycles. The third-order valence-electron chi connectivity index (χ3n) is 2.74. The molecule has 1 saturated carbocycles. The number of hydrogen-bond acceptors (Lipinski definition) is 2. The molecule has 1 aromatic rings. The molecule has 13 heavy (non-hydrogen) atoms. The SMILES string of the molecule is c1cc(CCNC2CCCC2)[nH]n1. The standard InChI is InChI=1S/C10H17N3/c1-2-4-9(3-1)11-7-5-10-6-8-12-13-10/h6,8-9,11H,1-5,7H2,(H,12,13). The molecule has 0 aromatic carbocycles. The minimum Gasteiger partial charge on any atom is -0.314 e. The number of nitrogens with one attached hydrogen (secondary N) is 2. The molecule has 0 unspecified atom stereocenters. The molecule has 0 bridgehead atoms. The average Bonchev–Trinajstić information content (AvgIpc) is 2.75. The molecule has 3 heteroatoms. The molecule has 1 aromatic heterocycles. The maximum atomic E-state index is 3.92. The van der Waals surface area contributed by atoms with E-state index in [2.05, 4.69) is 15.5 Å². The normalized spacial score (nSPS) is 18.2. The summed E-state index contributed by atoms with van der Waals surface area (Å²) in [6, 6.07) is 2.82. The van der Waals surface area contributed by atoms with Gasteiger partial charge in [0.25, 0.3) is 0 Å². The molecule has 3 nitrogen and oxygen atoms in total. The monoisotopic (exact) mass is 179 g/mol. The molecule has 0 atom stereocenters. The Morgan fingerprint density at radius 3 is 3.00 bits per heavy atom. The highest BCUT2D eigenvalue weighted by Crippen LogP contribution is 2.17. The number of nitrogens with zero attached hydrogens (tertiary/aromatic N) is 1. The molecule has 0 amide bonds. The Morgan fingerprint density at radius 1 is 1.46 bits per heavy atom. The van der Waals surface area contributed by atoms with Crippen molar-refractivity contribution in [2.75, 3.05) is 6.54 Å². The lowest BCUT2D eigenvalue weighted by molar-refractivity contribution is 0.526. The molecule has 2 N–H and O–H groups in total. The minimum atomic E-state index is 0.780. The zero-order valence-corrected chi connectivity index (χ0v) is 7.92. The molecule has 2 rings (SSSR count). The van der Waals surface area contributed by atoms with Crippen LogP contribution in [-0.4, -0.2) is 22.8 Å². The van der Waals surface area contributed by atoms with Gasteiger partial charge < -0.3 is 5.32 Å². The van der Waals surface area contributed by atoms with Crippen molar-refractivity contribution in [1.82, 2.24) is 15.5 Å². The fraction of sp³-hybridized carbons (Fsp3) is 0.700. The van der Waals surface area contributed by atoms with Crippen molar-refractivity contribution < 1.29 is 0 Å². The van der Waals surface area contributed by atoms with Gasteiger partial charge in [0, 0.05) is 30.9 Å². The van der Waals surface area contributed by atoms with Crippen LogP contribution in [0.5, 0.6) is 0 Å². The van der Waals surface area contributed by atoms with Crippen molar-refractivity contribution in [3.63, 3.8) is 0 Å². The zero-order valence-electron chi connectivity index (χ0n) is 7.92. The predicted molar refractivity (Wildman–Crippen MR) is 52.6 cm³/mol.